The molecule has 0 aromatic rings. The van der Waals surface area contributed by atoms with Crippen molar-refractivity contribution >= 4 is 18.5 Å². The molecule has 3 atom stereocenters. The number of carbonyl (C=O) groups is 1. The second-order valence-electron chi connectivity index (χ2n) is 13.7. The number of unbranched alkanes of at least 4 members (excludes halogenated alkanes) is 1. The zero-order valence-corrected chi connectivity index (χ0v) is 35.1. The van der Waals surface area contributed by atoms with E-state index in [0.29, 0.717) is 12.6 Å². The Morgan fingerprint density at radius 3 is 1.76 bits per heavy atom. The molecule has 3 unspecified atom stereocenters. The van der Waals surface area contributed by atoms with Gasteiger partial charge in [0.05, 0.1) is 12.1 Å². The first-order chi connectivity index (χ1) is 23.4. The number of hydrogen-bond donors (Lipinski definition) is 4. The van der Waals surface area contributed by atoms with E-state index in [-0.39, 0.29) is 23.4 Å². The molecule has 4 N–H and O–H groups in total. The van der Waals surface area contributed by atoms with Gasteiger partial charge in [0.15, 0.2) is 0 Å². The van der Waals surface area contributed by atoms with Crippen molar-refractivity contribution in [2.75, 3.05) is 33.4 Å². The molecule has 0 spiro atoms. The Morgan fingerprint density at radius 2 is 1.53 bits per heavy atom. The molecule has 6 heteroatoms. The third kappa shape index (κ3) is 33.1. The molecular weight excluding hydrogens is 621 g/mol. The third-order valence-corrected chi connectivity index (χ3v) is 8.04. The number of nitrogens with zero attached hydrogens (tertiary/aromatic N) is 1. The van der Waals surface area contributed by atoms with Crippen LogP contribution >= 0.6 is 12.6 Å². The molecule has 49 heavy (non-hydrogen) atoms. The predicted octanol–water partition coefficient (Wildman–Crippen LogP) is 10.9. The van der Waals surface area contributed by atoms with E-state index < -0.39 is 0 Å². The molecule has 3 aliphatic rings. The van der Waals surface area contributed by atoms with Crippen LogP contribution in [0.2, 0.25) is 0 Å². The maximum absolute atomic E-state index is 12.4. The van der Waals surface area contributed by atoms with Crippen molar-refractivity contribution in [2.45, 2.75) is 150 Å². The molecule has 1 aliphatic heterocycles. The van der Waals surface area contributed by atoms with Gasteiger partial charge >= 0.3 is 0 Å². The second kappa shape index (κ2) is 38.9. The van der Waals surface area contributed by atoms with Gasteiger partial charge in [-0.1, -0.05) is 135 Å². The number of allylic oxidation sites excluding steroid dienone is 6. The van der Waals surface area contributed by atoms with Gasteiger partial charge in [0.1, 0.15) is 0 Å². The largest absolute Gasteiger partial charge is 0.348 e. The number of likely N-dealkylation sites (N-methyl/N-ethyl adjacent to an activating group) is 2. The minimum Gasteiger partial charge on any atom is -0.348 e. The zero-order valence-electron chi connectivity index (χ0n) is 34.2. The van der Waals surface area contributed by atoms with Crippen molar-refractivity contribution in [3.63, 3.8) is 0 Å². The molecule has 2 aliphatic carbocycles. The molecule has 0 aromatic carbocycles. The van der Waals surface area contributed by atoms with Crippen LogP contribution in [0.1, 0.15) is 132 Å². The number of thiol groups is 1. The van der Waals surface area contributed by atoms with Crippen LogP contribution in [-0.2, 0) is 4.79 Å². The molecule has 288 valence electrons. The number of amides is 1. The first kappa shape index (κ1) is 53.9. The molecule has 3 rings (SSSR count). The van der Waals surface area contributed by atoms with E-state index in [1.807, 2.05) is 32.3 Å². The van der Waals surface area contributed by atoms with Crippen LogP contribution in [0.4, 0.5) is 0 Å². The van der Waals surface area contributed by atoms with Crippen molar-refractivity contribution in [2.24, 2.45) is 17.1 Å². The average molecular weight is 705 g/mol. The molecule has 0 aromatic heterocycles. The molecule has 1 amide bonds. The highest BCUT2D eigenvalue weighted by molar-refractivity contribution is 7.79. The lowest BCUT2D eigenvalue weighted by molar-refractivity contribution is -0.125. The molecule has 1 saturated carbocycles. The Morgan fingerprint density at radius 1 is 1.00 bits per heavy atom. The number of nitrogens with two attached hydrogens (primary N) is 1. The highest BCUT2D eigenvalue weighted by Crippen LogP contribution is 2.32. The van der Waals surface area contributed by atoms with E-state index in [1.165, 1.54) is 44.9 Å². The van der Waals surface area contributed by atoms with Crippen molar-refractivity contribution in [3.8, 4) is 0 Å². The van der Waals surface area contributed by atoms with Crippen LogP contribution in [0.15, 0.2) is 74.4 Å². The van der Waals surface area contributed by atoms with Crippen LogP contribution in [0, 0.1) is 11.3 Å². The van der Waals surface area contributed by atoms with Gasteiger partial charge in [0.25, 0.3) is 0 Å². The number of nitrogens with one attached hydrogen (secondary N) is 2. The minimum atomic E-state index is 0.0459. The van der Waals surface area contributed by atoms with E-state index in [1.54, 1.807) is 6.26 Å². The smallest absolute Gasteiger partial charge is 0.237 e. The summed E-state index contributed by atoms with van der Waals surface area (Å²) in [5.74, 6) is 0.934. The number of carbonyl (C=O) groups excluding carboxylic acids is 1. The summed E-state index contributed by atoms with van der Waals surface area (Å²) in [7, 11) is 3.99. The topological polar surface area (TPSA) is 70.4 Å². The van der Waals surface area contributed by atoms with Gasteiger partial charge in [-0.15, -0.1) is 19.7 Å². The summed E-state index contributed by atoms with van der Waals surface area (Å²) in [6.45, 7) is 31.6. The van der Waals surface area contributed by atoms with Crippen molar-refractivity contribution < 1.29 is 4.79 Å². The average Bonchev–Trinajstić information content (AvgIpc) is 3.51. The first-order valence-electron chi connectivity index (χ1n) is 19.0. The SMILES string of the molecule is C1=CCCC=C1.C=C(CCN)C(CC1CCC1)NC(=O)C1CCCN1C.C=CC(NC)C(C)(C)C.C=CCC.C=CCCC.CCC.CS. The maximum atomic E-state index is 12.4. The van der Waals surface area contributed by atoms with Crippen LogP contribution in [0.5, 0.6) is 0 Å². The molecule has 0 bridgehead atoms. The second-order valence-corrected chi connectivity index (χ2v) is 13.7. The number of likely N-dealkylation sites (tertiary alicyclic amines) is 1. The van der Waals surface area contributed by atoms with E-state index in [2.05, 4.69) is 127 Å². The molecular formula is C43H84N4OS. The Hall–Kier alpha value is -1.86. The van der Waals surface area contributed by atoms with Crippen LogP contribution in [0.25, 0.3) is 0 Å². The Bertz CT molecular complexity index is 829. The van der Waals surface area contributed by atoms with Gasteiger partial charge in [0, 0.05) is 6.04 Å². The van der Waals surface area contributed by atoms with Gasteiger partial charge < -0.3 is 16.4 Å². The maximum Gasteiger partial charge on any atom is 0.237 e. The van der Waals surface area contributed by atoms with Gasteiger partial charge in [0.2, 0.25) is 5.91 Å². The van der Waals surface area contributed by atoms with Crippen molar-refractivity contribution in [3.05, 3.63) is 74.4 Å². The fourth-order valence-electron chi connectivity index (χ4n) is 4.91. The van der Waals surface area contributed by atoms with Crippen molar-refractivity contribution in [1.82, 2.24) is 15.5 Å². The Labute approximate surface area is 312 Å². The number of rotatable bonds is 12. The van der Waals surface area contributed by atoms with Gasteiger partial charge in [-0.2, -0.15) is 12.6 Å². The Kier molecular flexibility index (Phi) is 42.8. The third-order valence-electron chi connectivity index (χ3n) is 8.04. The van der Waals surface area contributed by atoms with Crippen molar-refractivity contribution in [1.29, 1.82) is 0 Å². The van der Waals surface area contributed by atoms with Gasteiger partial charge in [-0.3, -0.25) is 9.69 Å². The first-order valence-corrected chi connectivity index (χ1v) is 19.9. The summed E-state index contributed by atoms with van der Waals surface area (Å²) >= 11 is 3.53. The quantitative estimate of drug-likeness (QED) is 0.121. The fourth-order valence-corrected chi connectivity index (χ4v) is 4.91. The lowest BCUT2D eigenvalue weighted by Gasteiger charge is -2.32. The monoisotopic (exact) mass is 705 g/mol. The van der Waals surface area contributed by atoms with Crippen LogP contribution < -0.4 is 16.4 Å². The summed E-state index contributed by atoms with van der Waals surface area (Å²) in [4.78, 5) is 14.6. The molecule has 0 radical (unpaired) electrons. The van der Waals surface area contributed by atoms with E-state index in [4.69, 9.17) is 5.73 Å². The molecule has 1 saturated heterocycles. The minimum absolute atomic E-state index is 0.0459. The normalized spacial score (nSPS) is 17.1. The fraction of sp³-hybridized carbons (Fsp3) is 0.698. The standard InChI is InChI=1S/C16H29N3O.C8H17N.C6H8.C5H10.C4H8.C3H8.CH4S/c1-12(8-9-17)14(11-13-5-3-6-13)18-16(20)15-7-4-10-19(15)2;1-6-7(9-5)8(2,3)4;1-2-4-6-5-3-1;1-3-5-4-2;1-3-4-2;1-3-2;1-2/h13-15H,1,3-11,17H2,2H3,(H,18,20);6-7,9H,1H2,2-5H3;1-4H,5-6H2;3H,1,4-5H2,2H3;3H,1,4H2,2H3;3H2,1-2H3;2H,1H3. The summed E-state index contributed by atoms with van der Waals surface area (Å²) in [6, 6.07) is 0.576. The number of hydrogen-bond acceptors (Lipinski definition) is 5. The van der Waals surface area contributed by atoms with E-state index >= 15 is 0 Å². The summed E-state index contributed by atoms with van der Waals surface area (Å²) in [6.07, 6.45) is 31.0. The molecule has 5 nitrogen and oxygen atoms in total. The van der Waals surface area contributed by atoms with E-state index in [0.717, 1.165) is 56.6 Å². The van der Waals surface area contributed by atoms with Crippen LogP contribution in [-0.4, -0.2) is 62.4 Å². The Balaban J connectivity index is -0.000000289. The van der Waals surface area contributed by atoms with Gasteiger partial charge in [-0.25, -0.2) is 0 Å². The molecule has 1 heterocycles. The molecule has 2 fully saturated rings. The van der Waals surface area contributed by atoms with Crippen LogP contribution in [0.3, 0.4) is 0 Å². The zero-order chi connectivity index (χ0) is 38.5. The van der Waals surface area contributed by atoms with Gasteiger partial charge in [-0.05, 0) is 96.1 Å². The summed E-state index contributed by atoms with van der Waals surface area (Å²) < 4.78 is 0. The predicted molar refractivity (Wildman–Crippen MR) is 229 cm³/mol. The van der Waals surface area contributed by atoms with E-state index in [9.17, 15) is 4.79 Å². The summed E-state index contributed by atoms with van der Waals surface area (Å²) in [5.41, 5.74) is 7.02. The highest BCUT2D eigenvalue weighted by atomic mass is 32.1. The summed E-state index contributed by atoms with van der Waals surface area (Å²) in [5, 5.41) is 6.41. The highest BCUT2D eigenvalue weighted by Gasteiger charge is 2.31. The lowest BCUT2D eigenvalue weighted by atomic mass is 9.79. The lowest BCUT2D eigenvalue weighted by Crippen LogP contribution is -2.47.